The molecule has 0 radical (unpaired) electrons. The number of ether oxygens (including phenoxy) is 3. The molecule has 10 nitrogen and oxygen atoms in total. The van der Waals surface area contributed by atoms with Crippen LogP contribution in [0.25, 0.3) is 0 Å². The Labute approximate surface area is 168 Å². The first kappa shape index (κ1) is 20.5. The number of amides is 1. The molecule has 1 spiro atoms. The summed E-state index contributed by atoms with van der Waals surface area (Å²) in [6, 6.07) is 1.10. The predicted octanol–water partition coefficient (Wildman–Crippen LogP) is 0.542. The lowest BCUT2D eigenvalue weighted by molar-refractivity contribution is -0.151. The molecule has 28 heavy (non-hydrogen) atoms. The molecule has 5 atom stereocenters. The van der Waals surface area contributed by atoms with E-state index in [2.05, 4.69) is 26.2 Å². The van der Waals surface area contributed by atoms with Gasteiger partial charge in [-0.15, -0.1) is 0 Å². The highest BCUT2D eigenvalue weighted by Crippen LogP contribution is 2.60. The summed E-state index contributed by atoms with van der Waals surface area (Å²) in [4.78, 5) is 49.7. The van der Waals surface area contributed by atoms with Crippen LogP contribution in [0.4, 0.5) is 5.82 Å². The largest absolute Gasteiger partial charge is 0.463 e. The van der Waals surface area contributed by atoms with Crippen molar-refractivity contribution >= 4 is 39.6 Å². The number of aromatic nitrogens is 2. The minimum atomic E-state index is -0.925. The van der Waals surface area contributed by atoms with Gasteiger partial charge in [-0.25, -0.2) is 4.79 Å². The van der Waals surface area contributed by atoms with Crippen molar-refractivity contribution in [2.45, 2.75) is 55.9 Å². The quantitative estimate of drug-likeness (QED) is 0.501. The summed E-state index contributed by atoms with van der Waals surface area (Å²) < 4.78 is 18.0. The maximum Gasteiger partial charge on any atom is 0.349 e. The smallest absolute Gasteiger partial charge is 0.349 e. The van der Waals surface area contributed by atoms with Crippen LogP contribution >= 0.6 is 15.9 Å². The first-order valence-corrected chi connectivity index (χ1v) is 9.55. The molecule has 1 saturated carbocycles. The summed E-state index contributed by atoms with van der Waals surface area (Å²) in [5.74, 6) is -1.12. The van der Waals surface area contributed by atoms with Crippen LogP contribution in [0.2, 0.25) is 0 Å². The molecular formula is C17H20BrN3O7. The van der Waals surface area contributed by atoms with Crippen LogP contribution in [-0.4, -0.2) is 56.6 Å². The van der Waals surface area contributed by atoms with E-state index in [-0.39, 0.29) is 18.3 Å². The average molecular weight is 458 g/mol. The average Bonchev–Trinajstić information content (AvgIpc) is 3.23. The summed E-state index contributed by atoms with van der Waals surface area (Å²) in [5, 5.41) is 2.45. The Balaban J connectivity index is 1.84. The van der Waals surface area contributed by atoms with Gasteiger partial charge in [0.15, 0.2) is 0 Å². The second-order valence-electron chi connectivity index (χ2n) is 6.79. The summed E-state index contributed by atoms with van der Waals surface area (Å²) in [6.07, 6.45) is 0.722. The van der Waals surface area contributed by atoms with Crippen molar-refractivity contribution in [1.82, 2.24) is 9.55 Å². The normalized spacial score (nSPS) is 30.7. The number of hydrogen-bond acceptors (Lipinski definition) is 8. The van der Waals surface area contributed by atoms with Gasteiger partial charge in [-0.1, -0.05) is 15.9 Å². The number of carbonyl (C=O) groups excluding carboxylic acids is 3. The highest BCUT2D eigenvalue weighted by molar-refractivity contribution is 9.09. The van der Waals surface area contributed by atoms with Gasteiger partial charge < -0.3 is 19.5 Å². The molecule has 2 unspecified atom stereocenters. The first-order chi connectivity index (χ1) is 13.1. The molecule has 1 amide bonds. The molecule has 152 valence electrons. The van der Waals surface area contributed by atoms with Crippen molar-refractivity contribution in [2.75, 3.05) is 11.9 Å². The topological polar surface area (TPSA) is 126 Å². The third-order valence-corrected chi connectivity index (χ3v) is 5.70. The standard InChI is InChI=1S/C17H20BrN3O7/c1-8(22)19-13-4-5-21(16(25)20-13)12-6-17(12)15(27-10(3)24)14(18)11(28-17)7-26-9(2)23/h4-5,11-12,14-15H,6-7H2,1-3H3,(H,19,20,22,25)/t11-,12?,14+,15-,17?/m1/s1. The van der Waals surface area contributed by atoms with Crippen molar-refractivity contribution in [3.05, 3.63) is 22.7 Å². The lowest BCUT2D eigenvalue weighted by Crippen LogP contribution is -2.37. The van der Waals surface area contributed by atoms with Gasteiger partial charge in [0, 0.05) is 33.4 Å². The van der Waals surface area contributed by atoms with Crippen LogP contribution in [0.3, 0.4) is 0 Å². The number of carbonyl (C=O) groups is 3. The molecule has 11 heteroatoms. The van der Waals surface area contributed by atoms with E-state index < -0.39 is 46.3 Å². The Bertz CT molecular complexity index is 873. The number of esters is 2. The Kier molecular flexibility index (Phi) is 5.57. The number of nitrogens with zero attached hydrogens (tertiary/aromatic N) is 2. The predicted molar refractivity (Wildman–Crippen MR) is 99.0 cm³/mol. The van der Waals surface area contributed by atoms with Crippen molar-refractivity contribution in [2.24, 2.45) is 0 Å². The van der Waals surface area contributed by atoms with Crippen LogP contribution in [0.5, 0.6) is 0 Å². The van der Waals surface area contributed by atoms with Crippen molar-refractivity contribution in [3.63, 3.8) is 0 Å². The molecule has 1 aromatic rings. The lowest BCUT2D eigenvalue weighted by atomic mass is 10.1. The third kappa shape index (κ3) is 3.95. The zero-order chi connectivity index (χ0) is 20.6. The van der Waals surface area contributed by atoms with E-state index in [0.29, 0.717) is 6.42 Å². The molecule has 1 saturated heterocycles. The van der Waals surface area contributed by atoms with E-state index >= 15 is 0 Å². The van der Waals surface area contributed by atoms with E-state index in [1.54, 1.807) is 0 Å². The summed E-state index contributed by atoms with van der Waals surface area (Å²) in [5.41, 5.74) is -1.49. The van der Waals surface area contributed by atoms with E-state index in [4.69, 9.17) is 14.2 Å². The molecule has 1 N–H and O–H groups in total. The van der Waals surface area contributed by atoms with Gasteiger partial charge in [-0.2, -0.15) is 4.98 Å². The third-order valence-electron chi connectivity index (χ3n) is 4.63. The van der Waals surface area contributed by atoms with E-state index in [0.717, 1.165) is 0 Å². The van der Waals surface area contributed by atoms with Gasteiger partial charge >= 0.3 is 17.6 Å². The zero-order valence-corrected chi connectivity index (χ0v) is 17.1. The molecular weight excluding hydrogens is 438 g/mol. The number of hydrogen-bond donors (Lipinski definition) is 1. The fourth-order valence-electron chi connectivity index (χ4n) is 3.46. The lowest BCUT2D eigenvalue weighted by Gasteiger charge is -2.21. The monoisotopic (exact) mass is 457 g/mol. The number of anilines is 1. The number of rotatable bonds is 5. The molecule has 1 aromatic heterocycles. The molecule has 3 rings (SSSR count). The van der Waals surface area contributed by atoms with E-state index in [1.807, 2.05) is 0 Å². The van der Waals surface area contributed by atoms with Gasteiger partial charge in [-0.05, 0) is 6.07 Å². The van der Waals surface area contributed by atoms with Gasteiger partial charge in [0.25, 0.3) is 0 Å². The van der Waals surface area contributed by atoms with Crippen LogP contribution < -0.4 is 11.0 Å². The van der Waals surface area contributed by atoms with Crippen LogP contribution in [0.1, 0.15) is 33.2 Å². The number of halogens is 1. The SMILES string of the molecule is CC(=O)Nc1ccn(C2CC23O[C@H](COC(C)=O)[C@H](Br)[C@H]3OC(C)=O)c(=O)n1. The minimum absolute atomic E-state index is 0.00783. The number of nitrogens with one attached hydrogen (secondary N) is 1. The Morgan fingerprint density at radius 2 is 2.07 bits per heavy atom. The molecule has 2 heterocycles. The first-order valence-electron chi connectivity index (χ1n) is 8.63. The maximum absolute atomic E-state index is 12.4. The summed E-state index contributed by atoms with van der Waals surface area (Å²) in [6.45, 7) is 3.89. The molecule has 2 fully saturated rings. The van der Waals surface area contributed by atoms with Crippen molar-refractivity contribution < 1.29 is 28.6 Å². The van der Waals surface area contributed by atoms with Gasteiger partial charge in [0.05, 0.1) is 10.9 Å². The summed E-state index contributed by atoms with van der Waals surface area (Å²) >= 11 is 3.48. The molecule has 1 aliphatic heterocycles. The fourth-order valence-corrected chi connectivity index (χ4v) is 4.27. The van der Waals surface area contributed by atoms with Gasteiger partial charge in [0.2, 0.25) is 5.91 Å². The Hall–Kier alpha value is -2.27. The highest BCUT2D eigenvalue weighted by atomic mass is 79.9. The molecule has 0 bridgehead atoms. The second-order valence-corrected chi connectivity index (χ2v) is 7.85. The van der Waals surface area contributed by atoms with Crippen molar-refractivity contribution in [1.29, 1.82) is 0 Å². The minimum Gasteiger partial charge on any atom is -0.463 e. The molecule has 2 aliphatic rings. The van der Waals surface area contributed by atoms with Crippen molar-refractivity contribution in [3.8, 4) is 0 Å². The Morgan fingerprint density at radius 3 is 2.64 bits per heavy atom. The number of alkyl halides is 1. The highest BCUT2D eigenvalue weighted by Gasteiger charge is 2.71. The Morgan fingerprint density at radius 1 is 1.36 bits per heavy atom. The van der Waals surface area contributed by atoms with E-state index in [1.165, 1.54) is 37.6 Å². The van der Waals surface area contributed by atoms with Gasteiger partial charge in [-0.3, -0.25) is 19.0 Å². The van der Waals surface area contributed by atoms with Crippen LogP contribution in [0, 0.1) is 0 Å². The second kappa shape index (κ2) is 7.63. The van der Waals surface area contributed by atoms with E-state index in [9.17, 15) is 19.2 Å². The maximum atomic E-state index is 12.4. The van der Waals surface area contributed by atoms with Crippen LogP contribution in [-0.2, 0) is 28.6 Å². The molecule has 0 aromatic carbocycles. The van der Waals surface area contributed by atoms with Gasteiger partial charge in [0.1, 0.15) is 30.2 Å². The zero-order valence-electron chi connectivity index (χ0n) is 15.5. The fraction of sp³-hybridized carbons (Fsp3) is 0.588. The summed E-state index contributed by atoms with van der Waals surface area (Å²) in [7, 11) is 0. The molecule has 1 aliphatic carbocycles. The van der Waals surface area contributed by atoms with Crippen LogP contribution in [0.15, 0.2) is 17.1 Å².